The summed E-state index contributed by atoms with van der Waals surface area (Å²) < 4.78 is 5.02. The van der Waals surface area contributed by atoms with Gasteiger partial charge >= 0.3 is 0 Å². The normalized spacial score (nSPS) is 18.9. The maximum atomic E-state index is 11.2. The lowest BCUT2D eigenvalue weighted by molar-refractivity contribution is -0.125. The Morgan fingerprint density at radius 2 is 2.44 bits per heavy atom. The van der Waals surface area contributed by atoms with E-state index in [2.05, 4.69) is 17.2 Å². The van der Waals surface area contributed by atoms with Gasteiger partial charge in [-0.25, -0.2) is 0 Å². The summed E-state index contributed by atoms with van der Waals surface area (Å²) in [6.07, 6.45) is 3.92. The summed E-state index contributed by atoms with van der Waals surface area (Å²) in [6.45, 7) is 7.02. The van der Waals surface area contributed by atoms with Crippen molar-refractivity contribution in [2.75, 3.05) is 32.8 Å². The van der Waals surface area contributed by atoms with Crippen LogP contribution in [0.3, 0.4) is 0 Å². The van der Waals surface area contributed by atoms with Crippen molar-refractivity contribution in [1.82, 2.24) is 10.6 Å². The first-order valence-corrected chi connectivity index (χ1v) is 5.49. The molecule has 0 aromatic heterocycles. The van der Waals surface area contributed by atoms with Crippen molar-refractivity contribution in [3.05, 3.63) is 12.7 Å². The van der Waals surface area contributed by atoms with E-state index in [1.807, 2.05) is 0 Å². The van der Waals surface area contributed by atoms with Crippen LogP contribution in [0.4, 0.5) is 0 Å². The van der Waals surface area contributed by atoms with Crippen molar-refractivity contribution in [2.45, 2.75) is 12.8 Å². The van der Waals surface area contributed by atoms with Crippen molar-refractivity contribution >= 4 is 18.3 Å². The van der Waals surface area contributed by atoms with Gasteiger partial charge in [0.15, 0.2) is 0 Å². The second-order valence-electron chi connectivity index (χ2n) is 3.80. The summed E-state index contributed by atoms with van der Waals surface area (Å²) in [5.41, 5.74) is 0. The molecular formula is C11H21ClN2O2. The molecule has 1 atom stereocenters. The van der Waals surface area contributed by atoms with Gasteiger partial charge < -0.3 is 15.4 Å². The molecule has 4 nitrogen and oxygen atoms in total. The largest absolute Gasteiger partial charge is 0.368 e. The summed E-state index contributed by atoms with van der Waals surface area (Å²) in [4.78, 5) is 11.2. The van der Waals surface area contributed by atoms with Crippen molar-refractivity contribution in [2.24, 2.45) is 5.92 Å². The molecule has 0 spiro atoms. The first-order valence-electron chi connectivity index (χ1n) is 5.49. The lowest BCUT2D eigenvalue weighted by Gasteiger charge is -2.09. The van der Waals surface area contributed by atoms with E-state index >= 15 is 0 Å². The van der Waals surface area contributed by atoms with Crippen LogP contribution in [0.25, 0.3) is 0 Å². The maximum absolute atomic E-state index is 11.2. The first-order chi connectivity index (χ1) is 7.33. The van der Waals surface area contributed by atoms with E-state index in [4.69, 9.17) is 4.74 Å². The maximum Gasteiger partial charge on any atom is 0.246 e. The van der Waals surface area contributed by atoms with Crippen molar-refractivity contribution in [3.8, 4) is 0 Å². The van der Waals surface area contributed by atoms with Gasteiger partial charge in [-0.05, 0) is 31.8 Å². The number of hydrogen-bond acceptors (Lipinski definition) is 3. The van der Waals surface area contributed by atoms with E-state index in [0.717, 1.165) is 32.0 Å². The molecule has 0 radical (unpaired) electrons. The molecule has 5 heteroatoms. The molecule has 1 fully saturated rings. The third kappa shape index (κ3) is 6.82. The van der Waals surface area contributed by atoms with E-state index in [-0.39, 0.29) is 24.9 Å². The summed E-state index contributed by atoms with van der Waals surface area (Å²) in [5.74, 6) is 0.683. The van der Waals surface area contributed by atoms with Gasteiger partial charge in [-0.1, -0.05) is 6.08 Å². The Kier molecular flexibility index (Phi) is 9.28. The molecule has 16 heavy (non-hydrogen) atoms. The third-order valence-corrected chi connectivity index (χ3v) is 2.51. The quantitative estimate of drug-likeness (QED) is 0.516. The summed E-state index contributed by atoms with van der Waals surface area (Å²) in [6, 6.07) is 0. The van der Waals surface area contributed by atoms with Crippen molar-refractivity contribution in [1.29, 1.82) is 0 Å². The molecule has 94 valence electrons. The second-order valence-corrected chi connectivity index (χ2v) is 3.80. The van der Waals surface area contributed by atoms with Gasteiger partial charge in [0.1, 0.15) is 6.61 Å². The van der Waals surface area contributed by atoms with E-state index in [0.29, 0.717) is 6.61 Å². The Morgan fingerprint density at radius 1 is 1.62 bits per heavy atom. The number of ether oxygens (including phenoxy) is 1. The minimum absolute atomic E-state index is 0. The number of halogens is 1. The fraction of sp³-hybridized carbons (Fsp3) is 0.727. The molecule has 0 saturated carbocycles. The Labute approximate surface area is 103 Å². The van der Waals surface area contributed by atoms with Gasteiger partial charge in [0.05, 0.1) is 6.61 Å². The van der Waals surface area contributed by atoms with Crippen LogP contribution in [0.2, 0.25) is 0 Å². The Morgan fingerprint density at radius 3 is 3.06 bits per heavy atom. The number of nitrogens with one attached hydrogen (secondary N) is 2. The Balaban J connectivity index is 0.00000225. The molecule has 1 rings (SSSR count). The zero-order valence-corrected chi connectivity index (χ0v) is 10.4. The fourth-order valence-electron chi connectivity index (χ4n) is 1.66. The van der Waals surface area contributed by atoms with Crippen LogP contribution < -0.4 is 10.6 Å². The molecule has 1 aliphatic rings. The van der Waals surface area contributed by atoms with E-state index in [9.17, 15) is 4.79 Å². The fourth-order valence-corrected chi connectivity index (χ4v) is 1.66. The average molecular weight is 249 g/mol. The molecule has 1 heterocycles. The highest BCUT2D eigenvalue weighted by Gasteiger charge is 2.13. The van der Waals surface area contributed by atoms with Crippen LogP contribution >= 0.6 is 12.4 Å². The van der Waals surface area contributed by atoms with Gasteiger partial charge in [-0.2, -0.15) is 0 Å². The smallest absolute Gasteiger partial charge is 0.246 e. The van der Waals surface area contributed by atoms with Gasteiger partial charge in [-0.3, -0.25) is 4.79 Å². The van der Waals surface area contributed by atoms with Gasteiger partial charge in [0.2, 0.25) is 5.91 Å². The van der Waals surface area contributed by atoms with Crippen LogP contribution in [0.1, 0.15) is 12.8 Å². The van der Waals surface area contributed by atoms with Gasteiger partial charge in [0.25, 0.3) is 0 Å². The molecule has 1 amide bonds. The molecule has 1 saturated heterocycles. The average Bonchev–Trinajstić information content (AvgIpc) is 2.71. The first kappa shape index (κ1) is 15.4. The summed E-state index contributed by atoms with van der Waals surface area (Å²) in [7, 11) is 0. The third-order valence-electron chi connectivity index (χ3n) is 2.51. The predicted octanol–water partition coefficient (Wildman–Crippen LogP) is 0.727. The van der Waals surface area contributed by atoms with Crippen LogP contribution in [-0.4, -0.2) is 38.8 Å². The highest BCUT2D eigenvalue weighted by Crippen LogP contribution is 2.10. The monoisotopic (exact) mass is 248 g/mol. The molecule has 1 aliphatic heterocycles. The van der Waals surface area contributed by atoms with E-state index < -0.39 is 0 Å². The Hall–Kier alpha value is -0.580. The lowest BCUT2D eigenvalue weighted by atomic mass is 10.1. The number of rotatable bonds is 7. The van der Waals surface area contributed by atoms with E-state index in [1.54, 1.807) is 6.08 Å². The molecule has 2 N–H and O–H groups in total. The number of carbonyl (C=O) groups is 1. The van der Waals surface area contributed by atoms with Gasteiger partial charge in [-0.15, -0.1) is 19.0 Å². The SMILES string of the molecule is C=CCOCC(=O)NCCC1CCNC1.Cl. The van der Waals surface area contributed by atoms with Crippen LogP contribution in [0.15, 0.2) is 12.7 Å². The zero-order valence-electron chi connectivity index (χ0n) is 9.54. The standard InChI is InChI=1S/C11H20N2O2.ClH/c1-2-7-15-9-11(14)13-6-4-10-3-5-12-8-10;/h2,10,12H,1,3-9H2,(H,13,14);1H. The molecule has 0 aliphatic carbocycles. The Bertz CT molecular complexity index is 206. The second kappa shape index (κ2) is 9.63. The zero-order chi connectivity index (χ0) is 10.9. The lowest BCUT2D eigenvalue weighted by Crippen LogP contribution is -2.29. The van der Waals surface area contributed by atoms with Crippen molar-refractivity contribution < 1.29 is 9.53 Å². The number of amides is 1. The van der Waals surface area contributed by atoms with Crippen LogP contribution in [-0.2, 0) is 9.53 Å². The molecular weight excluding hydrogens is 228 g/mol. The highest BCUT2D eigenvalue weighted by molar-refractivity contribution is 5.85. The van der Waals surface area contributed by atoms with Crippen LogP contribution in [0.5, 0.6) is 0 Å². The van der Waals surface area contributed by atoms with Gasteiger partial charge in [0, 0.05) is 6.54 Å². The molecule has 0 bridgehead atoms. The number of carbonyl (C=O) groups excluding carboxylic acids is 1. The summed E-state index contributed by atoms with van der Waals surface area (Å²) in [5, 5.41) is 6.15. The minimum atomic E-state index is -0.0391. The summed E-state index contributed by atoms with van der Waals surface area (Å²) >= 11 is 0. The highest BCUT2D eigenvalue weighted by atomic mass is 35.5. The predicted molar refractivity (Wildman–Crippen MR) is 66.9 cm³/mol. The number of hydrogen-bond donors (Lipinski definition) is 2. The van der Waals surface area contributed by atoms with E-state index in [1.165, 1.54) is 6.42 Å². The molecule has 0 aromatic rings. The topological polar surface area (TPSA) is 50.4 Å². The molecule has 1 unspecified atom stereocenters. The minimum Gasteiger partial charge on any atom is -0.368 e. The van der Waals surface area contributed by atoms with Crippen molar-refractivity contribution in [3.63, 3.8) is 0 Å². The van der Waals surface area contributed by atoms with Crippen LogP contribution in [0, 0.1) is 5.92 Å². The molecule has 0 aromatic carbocycles.